The maximum atomic E-state index is 12.5. The molecule has 0 radical (unpaired) electrons. The van der Waals surface area contributed by atoms with E-state index in [1.165, 1.54) is 17.3 Å². The quantitative estimate of drug-likeness (QED) is 0.764. The van der Waals surface area contributed by atoms with Crippen LogP contribution in [0.5, 0.6) is 0 Å². The molecular weight excluding hydrogens is 388 g/mol. The molecule has 5 nitrogen and oxygen atoms in total. The Balaban J connectivity index is 2.20. The topological polar surface area (TPSA) is 57.7 Å². The molecule has 1 aliphatic heterocycles. The van der Waals surface area contributed by atoms with Gasteiger partial charge in [0.1, 0.15) is 4.21 Å². The number of thiophene rings is 1. The molecule has 0 spiro atoms. The fourth-order valence-electron chi connectivity index (χ4n) is 2.03. The number of rotatable bonds is 2. The fraction of sp³-hybridized carbons (Fsp3) is 0.545. The molecule has 9 heteroatoms. The van der Waals surface area contributed by atoms with Crippen molar-refractivity contribution in [2.24, 2.45) is 0 Å². The van der Waals surface area contributed by atoms with Gasteiger partial charge in [-0.05, 0) is 28.4 Å². The minimum atomic E-state index is -3.54. The van der Waals surface area contributed by atoms with Crippen LogP contribution in [0.25, 0.3) is 0 Å². The van der Waals surface area contributed by atoms with Crippen LogP contribution in [0.2, 0.25) is 5.02 Å². The van der Waals surface area contributed by atoms with E-state index < -0.39 is 10.0 Å². The number of sulfonamides is 1. The summed E-state index contributed by atoms with van der Waals surface area (Å²) in [5, 5.41) is 0.397. The van der Waals surface area contributed by atoms with E-state index in [2.05, 4.69) is 15.9 Å². The van der Waals surface area contributed by atoms with Crippen LogP contribution in [-0.4, -0.2) is 49.7 Å². The molecule has 1 aromatic rings. The number of halogens is 2. The van der Waals surface area contributed by atoms with E-state index in [1.807, 2.05) is 0 Å². The summed E-state index contributed by atoms with van der Waals surface area (Å²) in [6, 6.07) is 1.46. The van der Waals surface area contributed by atoms with Crippen molar-refractivity contribution in [3.8, 4) is 0 Å². The minimum Gasteiger partial charge on any atom is -0.342 e. The maximum absolute atomic E-state index is 12.5. The van der Waals surface area contributed by atoms with Crippen LogP contribution in [0.1, 0.15) is 13.3 Å². The molecule has 1 aromatic heterocycles. The van der Waals surface area contributed by atoms with Gasteiger partial charge in [0.25, 0.3) is 10.0 Å². The first-order valence-corrected chi connectivity index (χ1v) is 9.45. The van der Waals surface area contributed by atoms with Gasteiger partial charge in [0.15, 0.2) is 0 Å². The lowest BCUT2D eigenvalue weighted by atomic mass is 10.4. The Bertz CT molecular complexity index is 598. The third-order valence-corrected chi connectivity index (χ3v) is 7.94. The van der Waals surface area contributed by atoms with Crippen LogP contribution >= 0.6 is 38.9 Å². The average molecular weight is 402 g/mol. The highest BCUT2D eigenvalue weighted by Crippen LogP contribution is 2.36. The van der Waals surface area contributed by atoms with E-state index in [-0.39, 0.29) is 10.1 Å². The van der Waals surface area contributed by atoms with Gasteiger partial charge < -0.3 is 4.90 Å². The molecule has 1 fully saturated rings. The van der Waals surface area contributed by atoms with Crippen molar-refractivity contribution < 1.29 is 13.2 Å². The molecule has 0 aliphatic carbocycles. The van der Waals surface area contributed by atoms with Gasteiger partial charge in [-0.15, -0.1) is 11.3 Å². The standard InChI is InChI=1S/C11H14BrClN2O3S2/c1-8(16)14-3-2-4-15(6-5-14)20(17,18)10-7-9(13)11(12)19-10/h7H,2-6H2,1H3. The number of amides is 1. The summed E-state index contributed by atoms with van der Waals surface area (Å²) < 4.78 is 27.3. The highest BCUT2D eigenvalue weighted by Gasteiger charge is 2.29. The number of nitrogens with zero attached hydrogens (tertiary/aromatic N) is 2. The predicted molar refractivity (Wildman–Crippen MR) is 82.7 cm³/mol. The van der Waals surface area contributed by atoms with Gasteiger partial charge in [-0.1, -0.05) is 11.6 Å². The molecule has 0 saturated carbocycles. The average Bonchev–Trinajstić information content (AvgIpc) is 2.61. The third kappa shape index (κ3) is 3.36. The molecule has 0 bridgehead atoms. The van der Waals surface area contributed by atoms with Gasteiger partial charge in [-0.3, -0.25) is 4.79 Å². The largest absolute Gasteiger partial charge is 0.342 e. The van der Waals surface area contributed by atoms with E-state index in [4.69, 9.17) is 11.6 Å². The zero-order chi connectivity index (χ0) is 14.9. The zero-order valence-electron chi connectivity index (χ0n) is 10.8. The van der Waals surface area contributed by atoms with Gasteiger partial charge in [-0.2, -0.15) is 4.31 Å². The fourth-order valence-corrected chi connectivity index (χ4v) is 6.05. The summed E-state index contributed by atoms with van der Waals surface area (Å²) in [6.07, 6.45) is 0.638. The smallest absolute Gasteiger partial charge is 0.252 e. The van der Waals surface area contributed by atoms with Crippen LogP contribution in [-0.2, 0) is 14.8 Å². The second-order valence-corrected chi connectivity index (χ2v) is 9.39. The third-order valence-electron chi connectivity index (χ3n) is 3.12. The Kier molecular flexibility index (Phi) is 5.12. The van der Waals surface area contributed by atoms with Crippen molar-refractivity contribution in [1.82, 2.24) is 9.21 Å². The molecule has 1 amide bonds. The van der Waals surface area contributed by atoms with Crippen molar-refractivity contribution in [3.05, 3.63) is 14.9 Å². The van der Waals surface area contributed by atoms with Crippen molar-refractivity contribution in [2.45, 2.75) is 17.6 Å². The molecule has 1 aliphatic rings. The highest BCUT2D eigenvalue weighted by molar-refractivity contribution is 9.11. The monoisotopic (exact) mass is 400 g/mol. The Morgan fingerprint density at radius 2 is 2.05 bits per heavy atom. The van der Waals surface area contributed by atoms with Gasteiger partial charge in [0.2, 0.25) is 5.91 Å². The highest BCUT2D eigenvalue weighted by atomic mass is 79.9. The summed E-state index contributed by atoms with van der Waals surface area (Å²) in [5.41, 5.74) is 0. The normalized spacial score (nSPS) is 18.1. The van der Waals surface area contributed by atoms with E-state index in [0.29, 0.717) is 41.4 Å². The SMILES string of the molecule is CC(=O)N1CCCN(S(=O)(=O)c2cc(Cl)c(Br)s2)CC1. The zero-order valence-corrected chi connectivity index (χ0v) is 14.8. The van der Waals surface area contributed by atoms with Crippen molar-refractivity contribution in [1.29, 1.82) is 0 Å². The molecule has 20 heavy (non-hydrogen) atoms. The molecular formula is C11H14BrClN2O3S2. The van der Waals surface area contributed by atoms with Crippen LogP contribution in [0.3, 0.4) is 0 Å². The Morgan fingerprint density at radius 1 is 1.35 bits per heavy atom. The summed E-state index contributed by atoms with van der Waals surface area (Å²) >= 11 is 10.2. The van der Waals surface area contributed by atoms with Crippen molar-refractivity contribution in [2.75, 3.05) is 26.2 Å². The summed E-state index contributed by atoms with van der Waals surface area (Å²) in [6.45, 7) is 3.25. The first-order chi connectivity index (χ1) is 9.32. The first-order valence-electron chi connectivity index (χ1n) is 6.03. The predicted octanol–water partition coefficient (Wildman–Crippen LogP) is 2.41. The second-order valence-electron chi connectivity index (χ2n) is 4.45. The number of carbonyl (C=O) groups is 1. The first kappa shape index (κ1) is 16.2. The molecule has 0 aromatic carbocycles. The molecule has 0 atom stereocenters. The Morgan fingerprint density at radius 3 is 2.60 bits per heavy atom. The van der Waals surface area contributed by atoms with Crippen LogP contribution in [0.4, 0.5) is 0 Å². The lowest BCUT2D eigenvalue weighted by Crippen LogP contribution is -2.36. The number of carbonyl (C=O) groups excluding carboxylic acids is 1. The van der Waals surface area contributed by atoms with Crippen LogP contribution in [0, 0.1) is 0 Å². The van der Waals surface area contributed by atoms with Gasteiger partial charge in [-0.25, -0.2) is 8.42 Å². The van der Waals surface area contributed by atoms with Gasteiger partial charge in [0.05, 0.1) is 8.81 Å². The number of hydrogen-bond donors (Lipinski definition) is 0. The van der Waals surface area contributed by atoms with E-state index >= 15 is 0 Å². The molecule has 0 N–H and O–H groups in total. The Labute approximate surface area is 135 Å². The Hall–Kier alpha value is -0.150. The second kappa shape index (κ2) is 6.31. The maximum Gasteiger partial charge on any atom is 0.252 e. The minimum absolute atomic E-state index is 0.0221. The molecule has 2 heterocycles. The number of hydrogen-bond acceptors (Lipinski definition) is 4. The van der Waals surface area contributed by atoms with E-state index in [0.717, 1.165) is 11.3 Å². The van der Waals surface area contributed by atoms with Gasteiger partial charge in [0, 0.05) is 33.1 Å². The molecule has 1 saturated heterocycles. The molecule has 0 unspecified atom stereocenters. The van der Waals surface area contributed by atoms with Crippen LogP contribution in [0.15, 0.2) is 14.1 Å². The van der Waals surface area contributed by atoms with Crippen molar-refractivity contribution in [3.63, 3.8) is 0 Å². The lowest BCUT2D eigenvalue weighted by molar-refractivity contribution is -0.128. The summed E-state index contributed by atoms with van der Waals surface area (Å²) in [5.74, 6) is -0.0221. The summed E-state index contributed by atoms with van der Waals surface area (Å²) in [7, 11) is -3.54. The van der Waals surface area contributed by atoms with E-state index in [1.54, 1.807) is 4.90 Å². The lowest BCUT2D eigenvalue weighted by Gasteiger charge is -2.20. The van der Waals surface area contributed by atoms with Crippen molar-refractivity contribution >= 4 is 54.8 Å². The molecule has 2 rings (SSSR count). The van der Waals surface area contributed by atoms with Crippen LogP contribution < -0.4 is 0 Å². The summed E-state index contributed by atoms with van der Waals surface area (Å²) in [4.78, 5) is 13.0. The molecule has 112 valence electrons. The van der Waals surface area contributed by atoms with E-state index in [9.17, 15) is 13.2 Å². The van der Waals surface area contributed by atoms with Gasteiger partial charge >= 0.3 is 0 Å².